The van der Waals surface area contributed by atoms with Crippen molar-refractivity contribution >= 4 is 5.91 Å². The van der Waals surface area contributed by atoms with Gasteiger partial charge in [0.15, 0.2) is 28.7 Å². The van der Waals surface area contributed by atoms with Crippen LogP contribution in [0.1, 0.15) is 41.4 Å². The van der Waals surface area contributed by atoms with Gasteiger partial charge in [-0.25, -0.2) is 4.98 Å². The van der Waals surface area contributed by atoms with E-state index >= 15 is 0 Å². The fourth-order valence-electron chi connectivity index (χ4n) is 3.78. The number of hydrogen-bond acceptors (Lipinski definition) is 8. The van der Waals surface area contributed by atoms with Gasteiger partial charge < -0.3 is 28.7 Å². The summed E-state index contributed by atoms with van der Waals surface area (Å²) in [5, 5.41) is 2.83. The molecule has 0 unspecified atom stereocenters. The van der Waals surface area contributed by atoms with Crippen molar-refractivity contribution < 1.29 is 28.2 Å². The van der Waals surface area contributed by atoms with E-state index in [-0.39, 0.29) is 31.2 Å². The van der Waals surface area contributed by atoms with Gasteiger partial charge in [-0.2, -0.15) is 0 Å². The molecular weight excluding hydrogens is 426 g/mol. The average Bonchev–Trinajstić information content (AvgIpc) is 3.53. The molecule has 2 aliphatic rings. The molecule has 0 atom stereocenters. The lowest BCUT2D eigenvalue weighted by Gasteiger charge is -2.21. The monoisotopic (exact) mass is 451 g/mol. The molecule has 0 fully saturated rings. The highest BCUT2D eigenvalue weighted by Gasteiger charge is 2.20. The van der Waals surface area contributed by atoms with Crippen LogP contribution < -0.4 is 24.3 Å². The molecule has 3 aromatic rings. The molecule has 0 aliphatic carbocycles. The molecule has 1 amide bonds. The fourth-order valence-corrected chi connectivity index (χ4v) is 3.78. The first-order valence-corrected chi connectivity index (χ1v) is 10.8. The summed E-state index contributed by atoms with van der Waals surface area (Å²) < 4.78 is 27.5. The van der Waals surface area contributed by atoms with Gasteiger partial charge in [0.05, 0.1) is 6.54 Å². The number of oxazole rings is 1. The number of aromatic nitrogens is 1. The smallest absolute Gasteiger partial charge is 0.273 e. The number of fused-ring (bicyclic) bond motifs is 2. The van der Waals surface area contributed by atoms with Crippen molar-refractivity contribution in [1.29, 1.82) is 0 Å². The van der Waals surface area contributed by atoms with Gasteiger partial charge in [0.2, 0.25) is 19.5 Å². The number of carbonyl (C=O) groups excluding carboxylic acids is 1. The van der Waals surface area contributed by atoms with Gasteiger partial charge >= 0.3 is 0 Å². The van der Waals surface area contributed by atoms with Crippen molar-refractivity contribution in [1.82, 2.24) is 15.2 Å². The van der Waals surface area contributed by atoms with E-state index < -0.39 is 0 Å². The SMILES string of the molecule is CC(C)NC(=O)c1coc(CN(Cc2ccc3c(c2)OCO3)Cc2ccc3c(c2)OCO3)n1. The lowest BCUT2D eigenvalue weighted by Crippen LogP contribution is -2.30. The van der Waals surface area contributed by atoms with E-state index in [0.717, 1.165) is 34.1 Å². The van der Waals surface area contributed by atoms with Crippen LogP contribution >= 0.6 is 0 Å². The molecule has 9 heteroatoms. The van der Waals surface area contributed by atoms with Gasteiger partial charge in [0, 0.05) is 19.1 Å². The minimum absolute atomic E-state index is 0.0196. The Kier molecular flexibility index (Phi) is 5.78. The summed E-state index contributed by atoms with van der Waals surface area (Å²) in [5.41, 5.74) is 2.39. The van der Waals surface area contributed by atoms with E-state index in [2.05, 4.69) is 15.2 Å². The Balaban J connectivity index is 1.35. The zero-order valence-electron chi connectivity index (χ0n) is 18.5. The summed E-state index contributed by atoms with van der Waals surface area (Å²) in [6, 6.07) is 11.8. The van der Waals surface area contributed by atoms with Crippen molar-refractivity contribution in [3.8, 4) is 23.0 Å². The first-order valence-electron chi connectivity index (χ1n) is 10.8. The number of amides is 1. The Bertz CT molecular complexity index is 1100. The van der Waals surface area contributed by atoms with Crippen LogP contribution in [-0.2, 0) is 19.6 Å². The van der Waals surface area contributed by atoms with Crippen LogP contribution in [0.2, 0.25) is 0 Å². The van der Waals surface area contributed by atoms with E-state index in [0.29, 0.717) is 25.5 Å². The van der Waals surface area contributed by atoms with Gasteiger partial charge in [-0.3, -0.25) is 9.69 Å². The number of nitrogens with one attached hydrogen (secondary N) is 1. The maximum absolute atomic E-state index is 12.3. The van der Waals surface area contributed by atoms with Crippen LogP contribution in [-0.4, -0.2) is 35.4 Å². The summed E-state index contributed by atoms with van der Waals surface area (Å²) in [6.07, 6.45) is 1.40. The van der Waals surface area contributed by atoms with Gasteiger partial charge in [-0.1, -0.05) is 12.1 Å². The lowest BCUT2D eigenvalue weighted by molar-refractivity contribution is 0.0938. The van der Waals surface area contributed by atoms with Crippen LogP contribution in [0.15, 0.2) is 47.1 Å². The van der Waals surface area contributed by atoms with Crippen LogP contribution in [0.5, 0.6) is 23.0 Å². The fraction of sp³-hybridized carbons (Fsp3) is 0.333. The van der Waals surface area contributed by atoms with Gasteiger partial charge in [0.1, 0.15) is 6.26 Å². The van der Waals surface area contributed by atoms with Crippen LogP contribution in [0.25, 0.3) is 0 Å². The zero-order chi connectivity index (χ0) is 22.8. The molecule has 0 spiro atoms. The van der Waals surface area contributed by atoms with Crippen molar-refractivity contribution in [2.75, 3.05) is 13.6 Å². The Hall–Kier alpha value is -3.72. The minimum Gasteiger partial charge on any atom is -0.454 e. The number of nitrogens with zero attached hydrogens (tertiary/aromatic N) is 2. The molecule has 0 radical (unpaired) electrons. The Morgan fingerprint density at radius 2 is 1.48 bits per heavy atom. The second-order valence-corrected chi connectivity index (χ2v) is 8.28. The third-order valence-electron chi connectivity index (χ3n) is 5.25. The van der Waals surface area contributed by atoms with Gasteiger partial charge in [-0.15, -0.1) is 0 Å². The number of carbonyl (C=O) groups is 1. The Morgan fingerprint density at radius 1 is 0.909 bits per heavy atom. The maximum Gasteiger partial charge on any atom is 0.273 e. The molecule has 0 saturated heterocycles. The third-order valence-corrected chi connectivity index (χ3v) is 5.25. The average molecular weight is 451 g/mol. The second-order valence-electron chi connectivity index (χ2n) is 8.28. The van der Waals surface area contributed by atoms with Gasteiger partial charge in [0.25, 0.3) is 5.91 Å². The summed E-state index contributed by atoms with van der Waals surface area (Å²) in [7, 11) is 0. The molecule has 0 saturated carbocycles. The van der Waals surface area contributed by atoms with Crippen molar-refractivity contribution in [2.24, 2.45) is 0 Å². The predicted molar refractivity (Wildman–Crippen MR) is 117 cm³/mol. The first-order chi connectivity index (χ1) is 16.0. The largest absolute Gasteiger partial charge is 0.454 e. The highest BCUT2D eigenvalue weighted by Crippen LogP contribution is 2.34. The third kappa shape index (κ3) is 4.88. The van der Waals surface area contributed by atoms with Crippen molar-refractivity contribution in [2.45, 2.75) is 39.5 Å². The van der Waals surface area contributed by atoms with Crippen LogP contribution in [0.3, 0.4) is 0 Å². The molecular formula is C24H25N3O6. The van der Waals surface area contributed by atoms with E-state index in [4.69, 9.17) is 23.4 Å². The number of ether oxygens (including phenoxy) is 4. The molecule has 9 nitrogen and oxygen atoms in total. The molecule has 0 bridgehead atoms. The van der Waals surface area contributed by atoms with Crippen LogP contribution in [0.4, 0.5) is 0 Å². The first kappa shape index (κ1) is 21.1. The standard InChI is InChI=1S/C24H25N3O6/c1-15(2)25-24(28)18-12-29-23(26-18)11-27(9-16-3-5-19-21(7-16)32-13-30-19)10-17-4-6-20-22(8-17)33-14-31-20/h3-8,12,15H,9-11,13-14H2,1-2H3,(H,25,28). The number of rotatable bonds is 8. The summed E-state index contributed by atoms with van der Waals surface area (Å²) in [4.78, 5) is 18.8. The highest BCUT2D eigenvalue weighted by molar-refractivity contribution is 5.92. The van der Waals surface area contributed by atoms with E-state index in [9.17, 15) is 4.79 Å². The lowest BCUT2D eigenvalue weighted by atomic mass is 10.1. The molecule has 3 heterocycles. The Morgan fingerprint density at radius 3 is 2.06 bits per heavy atom. The predicted octanol–water partition coefficient (Wildman–Crippen LogP) is 3.47. The Labute approximate surface area is 191 Å². The highest BCUT2D eigenvalue weighted by atomic mass is 16.7. The summed E-state index contributed by atoms with van der Waals surface area (Å²) >= 11 is 0. The normalized spacial score (nSPS) is 13.7. The summed E-state index contributed by atoms with van der Waals surface area (Å²) in [6.45, 7) is 5.91. The number of benzene rings is 2. The quantitative estimate of drug-likeness (QED) is 0.556. The van der Waals surface area contributed by atoms with E-state index in [1.54, 1.807) is 0 Å². The van der Waals surface area contributed by atoms with Gasteiger partial charge in [-0.05, 0) is 49.2 Å². The zero-order valence-corrected chi connectivity index (χ0v) is 18.5. The molecule has 5 rings (SSSR count). The molecule has 172 valence electrons. The van der Waals surface area contributed by atoms with E-state index in [1.807, 2.05) is 50.2 Å². The topological polar surface area (TPSA) is 95.3 Å². The second kappa shape index (κ2) is 9.03. The molecule has 33 heavy (non-hydrogen) atoms. The molecule has 2 aromatic carbocycles. The summed E-state index contributed by atoms with van der Waals surface area (Å²) in [5.74, 6) is 3.17. The molecule has 2 aliphatic heterocycles. The van der Waals surface area contributed by atoms with Crippen molar-refractivity contribution in [3.63, 3.8) is 0 Å². The van der Waals surface area contributed by atoms with Crippen molar-refractivity contribution in [3.05, 3.63) is 65.4 Å². The molecule has 1 aromatic heterocycles. The minimum atomic E-state index is -0.252. The number of hydrogen-bond donors (Lipinski definition) is 1. The molecule has 1 N–H and O–H groups in total. The maximum atomic E-state index is 12.3. The van der Waals surface area contributed by atoms with E-state index in [1.165, 1.54) is 6.26 Å². The van der Waals surface area contributed by atoms with Crippen LogP contribution in [0, 0.1) is 0 Å².